The number of rotatable bonds is 7. The molecule has 2 N–H and O–H groups in total. The maximum atomic E-state index is 12.0. The van der Waals surface area contributed by atoms with Gasteiger partial charge in [-0.15, -0.1) is 11.3 Å². The van der Waals surface area contributed by atoms with E-state index in [-0.39, 0.29) is 24.3 Å². The van der Waals surface area contributed by atoms with Crippen LogP contribution in [-0.2, 0) is 16.0 Å². The first-order valence-electron chi connectivity index (χ1n) is 7.73. The maximum Gasteiger partial charge on any atom is 0.245 e. The summed E-state index contributed by atoms with van der Waals surface area (Å²) in [7, 11) is 0. The Hall–Kier alpha value is -2.47. The van der Waals surface area contributed by atoms with E-state index in [0.717, 1.165) is 10.4 Å². The summed E-state index contributed by atoms with van der Waals surface area (Å²) >= 11 is 1.53. The molecule has 0 saturated heterocycles. The van der Waals surface area contributed by atoms with E-state index in [0.29, 0.717) is 12.1 Å². The molecule has 2 rings (SSSR count). The van der Waals surface area contributed by atoms with Crippen LogP contribution in [0.4, 0.5) is 0 Å². The summed E-state index contributed by atoms with van der Waals surface area (Å²) in [5.41, 5.74) is 4.10. The fraction of sp³-hybridized carbons (Fsp3) is 0.278. The van der Waals surface area contributed by atoms with Crippen molar-refractivity contribution in [3.05, 3.63) is 58.3 Å². The van der Waals surface area contributed by atoms with Gasteiger partial charge in [-0.05, 0) is 30.9 Å². The summed E-state index contributed by atoms with van der Waals surface area (Å²) in [6.45, 7) is 3.65. The molecule has 0 spiro atoms. The second kappa shape index (κ2) is 8.98. The smallest absolute Gasteiger partial charge is 0.245 e. The lowest BCUT2D eigenvalue weighted by Crippen LogP contribution is -2.29. The van der Waals surface area contributed by atoms with E-state index in [9.17, 15) is 9.59 Å². The molecule has 1 atom stereocenters. The van der Waals surface area contributed by atoms with Gasteiger partial charge in [0, 0.05) is 10.6 Å². The quantitative estimate of drug-likeness (QED) is 0.599. The molecule has 0 fully saturated rings. The van der Waals surface area contributed by atoms with Crippen LogP contribution in [0, 0.1) is 0 Å². The highest BCUT2D eigenvalue weighted by Gasteiger charge is 2.10. The Morgan fingerprint density at radius 2 is 1.88 bits per heavy atom. The number of carbonyl (C=O) groups excluding carboxylic acids is 2. The van der Waals surface area contributed by atoms with Crippen LogP contribution in [0.25, 0.3) is 0 Å². The fourth-order valence-electron chi connectivity index (χ4n) is 2.16. The number of benzene rings is 1. The number of hydrogen-bond acceptors (Lipinski definition) is 4. The molecule has 0 saturated carbocycles. The molecule has 0 unspecified atom stereocenters. The number of thiophene rings is 1. The van der Waals surface area contributed by atoms with Crippen molar-refractivity contribution in [1.82, 2.24) is 10.7 Å². The van der Waals surface area contributed by atoms with Crippen molar-refractivity contribution in [1.29, 1.82) is 0 Å². The van der Waals surface area contributed by atoms with Crippen LogP contribution in [0.5, 0.6) is 0 Å². The summed E-state index contributed by atoms with van der Waals surface area (Å²) in [4.78, 5) is 24.8. The Bertz CT molecular complexity index is 696. The van der Waals surface area contributed by atoms with Gasteiger partial charge in [-0.2, -0.15) is 5.10 Å². The molecule has 0 aliphatic rings. The minimum atomic E-state index is -0.185. The van der Waals surface area contributed by atoms with Gasteiger partial charge < -0.3 is 5.32 Å². The minimum absolute atomic E-state index is 0.0695. The molecule has 24 heavy (non-hydrogen) atoms. The van der Waals surface area contributed by atoms with Crippen molar-refractivity contribution in [2.24, 2.45) is 5.10 Å². The van der Waals surface area contributed by atoms with Crippen LogP contribution in [-0.4, -0.2) is 17.5 Å². The summed E-state index contributed by atoms with van der Waals surface area (Å²) in [5, 5.41) is 8.83. The van der Waals surface area contributed by atoms with E-state index in [1.165, 1.54) is 11.3 Å². The summed E-state index contributed by atoms with van der Waals surface area (Å²) < 4.78 is 0. The zero-order chi connectivity index (χ0) is 17.4. The first-order valence-corrected chi connectivity index (χ1v) is 8.61. The second-order valence-electron chi connectivity index (χ2n) is 5.51. The predicted molar refractivity (Wildman–Crippen MR) is 96.9 cm³/mol. The van der Waals surface area contributed by atoms with E-state index in [2.05, 4.69) is 15.8 Å². The maximum absolute atomic E-state index is 12.0. The Labute approximate surface area is 145 Å². The van der Waals surface area contributed by atoms with E-state index in [4.69, 9.17) is 0 Å². The third kappa shape index (κ3) is 5.96. The Kier molecular flexibility index (Phi) is 6.69. The van der Waals surface area contributed by atoms with Crippen molar-refractivity contribution >= 4 is 28.9 Å². The molecule has 1 heterocycles. The zero-order valence-electron chi connectivity index (χ0n) is 13.8. The fourth-order valence-corrected chi connectivity index (χ4v) is 2.86. The highest BCUT2D eigenvalue weighted by Crippen LogP contribution is 2.11. The van der Waals surface area contributed by atoms with Crippen LogP contribution < -0.4 is 10.7 Å². The van der Waals surface area contributed by atoms with Gasteiger partial charge in [0.05, 0.1) is 18.9 Å². The van der Waals surface area contributed by atoms with Crippen molar-refractivity contribution in [3.8, 4) is 0 Å². The molecule has 0 aliphatic carbocycles. The lowest BCUT2D eigenvalue weighted by atomic mass is 10.1. The Balaban J connectivity index is 1.77. The van der Waals surface area contributed by atoms with Gasteiger partial charge in [-0.1, -0.05) is 36.4 Å². The van der Waals surface area contributed by atoms with Gasteiger partial charge in [0.2, 0.25) is 11.8 Å². The minimum Gasteiger partial charge on any atom is -0.349 e. The molecule has 6 heteroatoms. The van der Waals surface area contributed by atoms with E-state index < -0.39 is 0 Å². The van der Waals surface area contributed by atoms with Crippen LogP contribution in [0.2, 0.25) is 0 Å². The van der Waals surface area contributed by atoms with Crippen LogP contribution >= 0.6 is 11.3 Å². The molecule has 126 valence electrons. The monoisotopic (exact) mass is 343 g/mol. The Morgan fingerprint density at radius 1 is 1.12 bits per heavy atom. The molecule has 1 aromatic heterocycles. The van der Waals surface area contributed by atoms with Crippen LogP contribution in [0.3, 0.4) is 0 Å². The highest BCUT2D eigenvalue weighted by atomic mass is 32.1. The molecule has 0 aliphatic heterocycles. The van der Waals surface area contributed by atoms with Crippen molar-refractivity contribution < 1.29 is 9.59 Å². The lowest BCUT2D eigenvalue weighted by molar-refractivity contribution is -0.121. The standard InChI is InChI=1S/C18H21N3O2S/c1-13(20-21-18(23)12-16-9-6-10-24-16)11-17(22)19-14(2)15-7-4-3-5-8-15/h3-10,14H,11-12H2,1-2H3,(H,19,22)(H,21,23)/b20-13-/t14-/m1/s1. The average Bonchev–Trinajstić information content (AvgIpc) is 3.06. The van der Waals surface area contributed by atoms with E-state index in [1.807, 2.05) is 54.8 Å². The third-order valence-electron chi connectivity index (χ3n) is 3.38. The van der Waals surface area contributed by atoms with Crippen molar-refractivity contribution in [3.63, 3.8) is 0 Å². The number of hydrazone groups is 1. The van der Waals surface area contributed by atoms with Crippen LogP contribution in [0.15, 0.2) is 52.9 Å². The summed E-state index contributed by atoms with van der Waals surface area (Å²) in [5.74, 6) is -0.310. The van der Waals surface area contributed by atoms with Crippen molar-refractivity contribution in [2.75, 3.05) is 0 Å². The van der Waals surface area contributed by atoms with Crippen LogP contribution in [0.1, 0.15) is 36.8 Å². The number of hydrogen-bond donors (Lipinski definition) is 2. The SMILES string of the molecule is C/C(CC(=O)N[C@H](C)c1ccccc1)=N/NC(=O)Cc1cccs1. The van der Waals surface area contributed by atoms with Gasteiger partial charge in [0.1, 0.15) is 0 Å². The average molecular weight is 343 g/mol. The van der Waals surface area contributed by atoms with Gasteiger partial charge in [0.25, 0.3) is 0 Å². The lowest BCUT2D eigenvalue weighted by Gasteiger charge is -2.14. The molecule has 0 bridgehead atoms. The molecule has 1 aromatic carbocycles. The predicted octanol–water partition coefficient (Wildman–Crippen LogP) is 3.05. The zero-order valence-corrected chi connectivity index (χ0v) is 14.6. The number of amides is 2. The Morgan fingerprint density at radius 3 is 2.54 bits per heavy atom. The van der Waals surface area contributed by atoms with Gasteiger partial charge in [-0.3, -0.25) is 9.59 Å². The van der Waals surface area contributed by atoms with Gasteiger partial charge >= 0.3 is 0 Å². The molecule has 2 aromatic rings. The molecule has 0 radical (unpaired) electrons. The molecular formula is C18H21N3O2S. The van der Waals surface area contributed by atoms with Gasteiger partial charge in [-0.25, -0.2) is 5.43 Å². The first kappa shape index (κ1) is 17.9. The normalized spacial score (nSPS) is 12.5. The summed E-state index contributed by atoms with van der Waals surface area (Å²) in [6.07, 6.45) is 0.447. The first-order chi connectivity index (χ1) is 11.5. The number of nitrogens with zero attached hydrogens (tertiary/aromatic N) is 1. The second-order valence-corrected chi connectivity index (χ2v) is 6.55. The number of nitrogens with one attached hydrogen (secondary N) is 2. The topological polar surface area (TPSA) is 70.6 Å². The number of carbonyl (C=O) groups is 2. The molecule has 2 amide bonds. The van der Waals surface area contributed by atoms with E-state index in [1.54, 1.807) is 6.92 Å². The van der Waals surface area contributed by atoms with Crippen molar-refractivity contribution in [2.45, 2.75) is 32.7 Å². The largest absolute Gasteiger partial charge is 0.349 e. The molecule has 5 nitrogen and oxygen atoms in total. The van der Waals surface area contributed by atoms with E-state index >= 15 is 0 Å². The third-order valence-corrected chi connectivity index (χ3v) is 4.26. The summed E-state index contributed by atoms with van der Waals surface area (Å²) in [6, 6.07) is 13.5. The van der Waals surface area contributed by atoms with Gasteiger partial charge in [0.15, 0.2) is 0 Å². The molecular weight excluding hydrogens is 322 g/mol. The highest BCUT2D eigenvalue weighted by molar-refractivity contribution is 7.10.